The zero-order valence-corrected chi connectivity index (χ0v) is 12.1. The van der Waals surface area contributed by atoms with Crippen LogP contribution in [0.1, 0.15) is 57.6 Å². The third kappa shape index (κ3) is 5.60. The van der Waals surface area contributed by atoms with Crippen molar-refractivity contribution in [2.24, 2.45) is 5.73 Å². The van der Waals surface area contributed by atoms with Crippen LogP contribution in [0.4, 0.5) is 5.13 Å². The molecule has 1 aromatic rings. The summed E-state index contributed by atoms with van der Waals surface area (Å²) in [5.41, 5.74) is 6.45. The van der Waals surface area contributed by atoms with E-state index in [0.717, 1.165) is 37.9 Å². The molecule has 0 fully saturated rings. The first kappa shape index (κ1) is 15.1. The molecule has 1 amide bonds. The van der Waals surface area contributed by atoms with Gasteiger partial charge in [-0.1, -0.05) is 26.7 Å². The average Bonchev–Trinajstić information content (AvgIpc) is 2.77. The van der Waals surface area contributed by atoms with Crippen molar-refractivity contribution in [3.63, 3.8) is 0 Å². The topological polar surface area (TPSA) is 68.0 Å². The molecule has 102 valence electrons. The summed E-state index contributed by atoms with van der Waals surface area (Å²) in [7, 11) is 0. The largest absolute Gasteiger partial charge is 0.330 e. The van der Waals surface area contributed by atoms with E-state index in [9.17, 15) is 4.79 Å². The number of nitrogens with two attached hydrogens (primary N) is 1. The second-order valence-electron chi connectivity index (χ2n) is 4.73. The molecule has 5 heteroatoms. The van der Waals surface area contributed by atoms with Gasteiger partial charge in [0.25, 0.3) is 0 Å². The van der Waals surface area contributed by atoms with Crippen molar-refractivity contribution >= 4 is 22.4 Å². The summed E-state index contributed by atoms with van der Waals surface area (Å²) in [4.78, 5) is 16.0. The van der Waals surface area contributed by atoms with Crippen molar-refractivity contribution in [2.75, 3.05) is 11.9 Å². The summed E-state index contributed by atoms with van der Waals surface area (Å²) in [5.74, 6) is 0.468. The molecule has 0 aliphatic heterocycles. The minimum absolute atomic E-state index is 0.0624. The van der Waals surface area contributed by atoms with Crippen molar-refractivity contribution in [3.05, 3.63) is 11.1 Å². The van der Waals surface area contributed by atoms with Gasteiger partial charge in [-0.25, -0.2) is 4.98 Å². The zero-order valence-electron chi connectivity index (χ0n) is 11.2. The molecule has 0 unspecified atom stereocenters. The van der Waals surface area contributed by atoms with Crippen LogP contribution in [0.3, 0.4) is 0 Å². The Morgan fingerprint density at radius 1 is 1.39 bits per heavy atom. The molecule has 1 aromatic heterocycles. The van der Waals surface area contributed by atoms with Gasteiger partial charge >= 0.3 is 0 Å². The van der Waals surface area contributed by atoms with Crippen molar-refractivity contribution in [1.29, 1.82) is 0 Å². The number of thiazole rings is 1. The van der Waals surface area contributed by atoms with E-state index in [0.29, 0.717) is 17.5 Å². The van der Waals surface area contributed by atoms with Crippen LogP contribution in [0, 0.1) is 0 Å². The monoisotopic (exact) mass is 269 g/mol. The van der Waals surface area contributed by atoms with E-state index >= 15 is 0 Å². The highest BCUT2D eigenvalue weighted by Crippen LogP contribution is 2.21. The van der Waals surface area contributed by atoms with Gasteiger partial charge in [-0.3, -0.25) is 4.79 Å². The molecule has 1 heterocycles. The summed E-state index contributed by atoms with van der Waals surface area (Å²) >= 11 is 1.49. The predicted octanol–water partition coefficient (Wildman–Crippen LogP) is 3.11. The Hall–Kier alpha value is -0.940. The van der Waals surface area contributed by atoms with Crippen LogP contribution in [0.2, 0.25) is 0 Å². The molecule has 0 atom stereocenters. The first-order valence-electron chi connectivity index (χ1n) is 6.59. The number of nitrogens with one attached hydrogen (secondary N) is 1. The van der Waals surface area contributed by atoms with Crippen LogP contribution in [0.15, 0.2) is 5.38 Å². The van der Waals surface area contributed by atoms with Crippen molar-refractivity contribution in [1.82, 2.24) is 4.98 Å². The molecule has 0 aromatic carbocycles. The lowest BCUT2D eigenvalue weighted by Crippen LogP contribution is -2.11. The Kier molecular flexibility index (Phi) is 6.90. The van der Waals surface area contributed by atoms with Gasteiger partial charge in [0, 0.05) is 11.8 Å². The van der Waals surface area contributed by atoms with Crippen LogP contribution >= 0.6 is 11.3 Å². The Balaban J connectivity index is 2.22. The van der Waals surface area contributed by atoms with Crippen LogP contribution < -0.4 is 11.1 Å². The molecule has 0 spiro atoms. The van der Waals surface area contributed by atoms with Crippen LogP contribution in [0.25, 0.3) is 0 Å². The fraction of sp³-hybridized carbons (Fsp3) is 0.692. The van der Waals surface area contributed by atoms with E-state index in [-0.39, 0.29) is 5.91 Å². The predicted molar refractivity (Wildman–Crippen MR) is 77.0 cm³/mol. The molecular weight excluding hydrogens is 246 g/mol. The molecule has 18 heavy (non-hydrogen) atoms. The van der Waals surface area contributed by atoms with Gasteiger partial charge in [0.2, 0.25) is 5.91 Å². The molecular formula is C13H23N3OS. The average molecular weight is 269 g/mol. The summed E-state index contributed by atoms with van der Waals surface area (Å²) in [6.45, 7) is 4.93. The molecule has 0 saturated carbocycles. The van der Waals surface area contributed by atoms with Gasteiger partial charge in [0.1, 0.15) is 0 Å². The molecule has 1 rings (SSSR count). The highest BCUT2D eigenvalue weighted by Gasteiger charge is 2.08. The SMILES string of the molecule is CC(C)c1csc(NC(=O)CCCCCCN)n1. The number of hydrogen-bond acceptors (Lipinski definition) is 4. The minimum Gasteiger partial charge on any atom is -0.330 e. The molecule has 0 aliphatic carbocycles. The van der Waals surface area contributed by atoms with E-state index in [1.165, 1.54) is 11.3 Å². The second-order valence-corrected chi connectivity index (χ2v) is 5.59. The first-order valence-corrected chi connectivity index (χ1v) is 7.46. The van der Waals surface area contributed by atoms with E-state index in [2.05, 4.69) is 24.1 Å². The van der Waals surface area contributed by atoms with Gasteiger partial charge in [0.05, 0.1) is 5.69 Å². The van der Waals surface area contributed by atoms with Gasteiger partial charge < -0.3 is 11.1 Å². The smallest absolute Gasteiger partial charge is 0.226 e. The van der Waals surface area contributed by atoms with E-state index in [4.69, 9.17) is 5.73 Å². The summed E-state index contributed by atoms with van der Waals surface area (Å²) in [5, 5.41) is 5.57. The maximum Gasteiger partial charge on any atom is 0.226 e. The number of carbonyl (C=O) groups is 1. The molecule has 3 N–H and O–H groups in total. The third-order valence-corrected chi connectivity index (χ3v) is 3.49. The Labute approximate surface area is 113 Å². The quantitative estimate of drug-likeness (QED) is 0.712. The van der Waals surface area contributed by atoms with E-state index in [1.807, 2.05) is 5.38 Å². The lowest BCUT2D eigenvalue weighted by Gasteiger charge is -2.02. The summed E-state index contributed by atoms with van der Waals surface area (Å²) in [6, 6.07) is 0. The number of nitrogens with zero attached hydrogens (tertiary/aromatic N) is 1. The standard InChI is InChI=1S/C13H23N3OS/c1-10(2)11-9-18-13(15-11)16-12(17)7-5-3-4-6-8-14/h9-10H,3-8,14H2,1-2H3,(H,15,16,17). The molecule has 4 nitrogen and oxygen atoms in total. The lowest BCUT2D eigenvalue weighted by molar-refractivity contribution is -0.116. The van der Waals surface area contributed by atoms with Crippen molar-refractivity contribution in [3.8, 4) is 0 Å². The number of anilines is 1. The fourth-order valence-electron chi connectivity index (χ4n) is 1.57. The normalized spacial score (nSPS) is 10.9. The third-order valence-electron chi connectivity index (χ3n) is 2.72. The van der Waals surface area contributed by atoms with Gasteiger partial charge in [-0.2, -0.15) is 0 Å². The highest BCUT2D eigenvalue weighted by atomic mass is 32.1. The molecule has 0 aliphatic rings. The number of rotatable bonds is 8. The van der Waals surface area contributed by atoms with Crippen LogP contribution in [-0.4, -0.2) is 17.4 Å². The number of aromatic nitrogens is 1. The number of carbonyl (C=O) groups excluding carboxylic acids is 1. The number of amides is 1. The Morgan fingerprint density at radius 2 is 2.11 bits per heavy atom. The number of unbranched alkanes of at least 4 members (excludes halogenated alkanes) is 3. The molecule has 0 radical (unpaired) electrons. The summed E-state index contributed by atoms with van der Waals surface area (Å²) < 4.78 is 0. The Morgan fingerprint density at radius 3 is 2.72 bits per heavy atom. The van der Waals surface area contributed by atoms with Gasteiger partial charge in [-0.05, 0) is 25.3 Å². The minimum atomic E-state index is 0.0624. The lowest BCUT2D eigenvalue weighted by atomic mass is 10.1. The van der Waals surface area contributed by atoms with Crippen LogP contribution in [0.5, 0.6) is 0 Å². The maximum absolute atomic E-state index is 11.7. The van der Waals surface area contributed by atoms with Gasteiger partial charge in [0.15, 0.2) is 5.13 Å². The Bertz CT molecular complexity index is 363. The molecule has 0 bridgehead atoms. The highest BCUT2D eigenvalue weighted by molar-refractivity contribution is 7.13. The maximum atomic E-state index is 11.7. The fourth-order valence-corrected chi connectivity index (χ4v) is 2.46. The molecule has 0 saturated heterocycles. The first-order chi connectivity index (χ1) is 8.63. The van der Waals surface area contributed by atoms with Crippen molar-refractivity contribution in [2.45, 2.75) is 51.9 Å². The van der Waals surface area contributed by atoms with E-state index < -0.39 is 0 Å². The van der Waals surface area contributed by atoms with Gasteiger partial charge in [-0.15, -0.1) is 11.3 Å². The zero-order chi connectivity index (χ0) is 13.4. The summed E-state index contributed by atoms with van der Waals surface area (Å²) in [6.07, 6.45) is 4.72. The van der Waals surface area contributed by atoms with Crippen LogP contribution in [-0.2, 0) is 4.79 Å². The van der Waals surface area contributed by atoms with E-state index in [1.54, 1.807) is 0 Å². The second kappa shape index (κ2) is 8.21. The van der Waals surface area contributed by atoms with Crippen molar-refractivity contribution < 1.29 is 4.79 Å². The number of hydrogen-bond donors (Lipinski definition) is 2.